The predicted octanol–water partition coefficient (Wildman–Crippen LogP) is -0.220. The summed E-state index contributed by atoms with van der Waals surface area (Å²) in [6, 6.07) is -0.727. The average molecular weight is 170 g/mol. The van der Waals surface area contributed by atoms with Crippen molar-refractivity contribution in [2.24, 2.45) is 5.73 Å². The van der Waals surface area contributed by atoms with Crippen molar-refractivity contribution in [1.82, 2.24) is 4.90 Å². The van der Waals surface area contributed by atoms with Crippen LogP contribution in [-0.4, -0.2) is 34.6 Å². The van der Waals surface area contributed by atoms with Crippen molar-refractivity contribution in [3.05, 3.63) is 12.2 Å². The molecule has 0 aliphatic carbocycles. The molecule has 0 radical (unpaired) electrons. The van der Waals surface area contributed by atoms with Crippen LogP contribution < -0.4 is 5.73 Å². The molecule has 1 aliphatic rings. The van der Waals surface area contributed by atoms with E-state index in [-0.39, 0.29) is 6.54 Å². The van der Waals surface area contributed by atoms with Gasteiger partial charge in [0.25, 0.3) is 0 Å². The van der Waals surface area contributed by atoms with E-state index in [0.29, 0.717) is 6.42 Å². The zero-order valence-electron chi connectivity index (χ0n) is 6.49. The van der Waals surface area contributed by atoms with Crippen molar-refractivity contribution < 1.29 is 14.7 Å². The quantitative estimate of drug-likeness (QED) is 0.533. The molecule has 0 saturated carbocycles. The van der Waals surface area contributed by atoms with Crippen molar-refractivity contribution in [3.8, 4) is 0 Å². The molecule has 0 aromatic carbocycles. The van der Waals surface area contributed by atoms with Gasteiger partial charge in [0.2, 0.25) is 5.91 Å². The highest BCUT2D eigenvalue weighted by atomic mass is 16.4. The van der Waals surface area contributed by atoms with Crippen LogP contribution in [0.3, 0.4) is 0 Å². The van der Waals surface area contributed by atoms with Gasteiger partial charge in [-0.25, -0.2) is 4.79 Å². The average Bonchev–Trinajstić information content (AvgIpc) is 2.31. The summed E-state index contributed by atoms with van der Waals surface area (Å²) >= 11 is 0. The zero-order chi connectivity index (χ0) is 9.30. The molecule has 1 rings (SSSR count). The number of carbonyl (C=O) groups excluding carboxylic acids is 1. The zero-order valence-corrected chi connectivity index (χ0v) is 6.49. The van der Waals surface area contributed by atoms with E-state index >= 15 is 0 Å². The highest BCUT2D eigenvalue weighted by molar-refractivity contribution is 5.85. The number of likely N-dealkylation sites (tertiary alicyclic amines) is 1. The lowest BCUT2D eigenvalue weighted by Crippen LogP contribution is -2.42. The molecule has 66 valence electrons. The number of hydrogen-bond acceptors (Lipinski definition) is 2. The maximum absolute atomic E-state index is 10.7. The van der Waals surface area contributed by atoms with Crippen molar-refractivity contribution in [2.45, 2.75) is 12.5 Å². The number of carboxylic acid groups (broad SMARTS) is 1. The lowest BCUT2D eigenvalue weighted by molar-refractivity contribution is -0.121. The molecular formula is C7H10N2O3. The van der Waals surface area contributed by atoms with Crippen LogP contribution in [0.15, 0.2) is 12.2 Å². The van der Waals surface area contributed by atoms with Gasteiger partial charge in [-0.05, 0) is 6.42 Å². The molecular weight excluding hydrogens is 160 g/mol. The molecule has 1 unspecified atom stereocenters. The second-order valence-electron chi connectivity index (χ2n) is 2.78. The van der Waals surface area contributed by atoms with E-state index in [1.807, 2.05) is 0 Å². The normalized spacial score (nSPS) is 22.8. The Morgan fingerprint density at radius 1 is 1.67 bits per heavy atom. The number of carbonyl (C=O) groups is 2. The Hall–Kier alpha value is -1.52. The third-order valence-electron chi connectivity index (χ3n) is 1.83. The molecule has 5 nitrogen and oxygen atoms in total. The Kier molecular flexibility index (Phi) is 2.03. The summed E-state index contributed by atoms with van der Waals surface area (Å²) < 4.78 is 0. The van der Waals surface area contributed by atoms with Gasteiger partial charge in [-0.2, -0.15) is 0 Å². The van der Waals surface area contributed by atoms with Crippen molar-refractivity contribution in [1.29, 1.82) is 0 Å². The van der Waals surface area contributed by atoms with Gasteiger partial charge in [-0.3, -0.25) is 9.69 Å². The molecule has 12 heavy (non-hydrogen) atoms. The van der Waals surface area contributed by atoms with Crippen LogP contribution in [-0.2, 0) is 4.79 Å². The molecule has 0 aromatic rings. The molecule has 1 heterocycles. The number of nitrogens with two attached hydrogens (primary N) is 1. The van der Waals surface area contributed by atoms with Crippen LogP contribution in [0, 0.1) is 0 Å². The third kappa shape index (κ3) is 1.39. The van der Waals surface area contributed by atoms with Crippen LogP contribution >= 0.6 is 0 Å². The fourth-order valence-electron chi connectivity index (χ4n) is 1.25. The largest absolute Gasteiger partial charge is 0.465 e. The van der Waals surface area contributed by atoms with E-state index in [1.165, 1.54) is 0 Å². The summed E-state index contributed by atoms with van der Waals surface area (Å²) in [5, 5.41) is 8.63. The third-order valence-corrected chi connectivity index (χ3v) is 1.83. The van der Waals surface area contributed by atoms with E-state index in [1.54, 1.807) is 0 Å². The first-order valence-corrected chi connectivity index (χ1v) is 3.48. The minimum atomic E-state index is -1.13. The molecule has 1 fully saturated rings. The summed E-state index contributed by atoms with van der Waals surface area (Å²) in [6.07, 6.45) is -0.779. The van der Waals surface area contributed by atoms with Crippen LogP contribution in [0.25, 0.3) is 0 Å². The molecule has 1 atom stereocenters. The monoisotopic (exact) mass is 170 g/mol. The van der Waals surface area contributed by atoms with Gasteiger partial charge in [0.1, 0.15) is 6.04 Å². The van der Waals surface area contributed by atoms with Gasteiger partial charge >= 0.3 is 6.09 Å². The first-order chi connectivity index (χ1) is 5.52. The molecule has 0 spiro atoms. The van der Waals surface area contributed by atoms with Gasteiger partial charge in [0.05, 0.1) is 0 Å². The first-order valence-electron chi connectivity index (χ1n) is 3.48. The fraction of sp³-hybridized carbons (Fsp3) is 0.429. The van der Waals surface area contributed by atoms with Crippen molar-refractivity contribution in [3.63, 3.8) is 0 Å². The maximum atomic E-state index is 10.7. The molecule has 2 amide bonds. The molecule has 3 N–H and O–H groups in total. The summed E-state index contributed by atoms with van der Waals surface area (Å²) in [5.41, 5.74) is 5.73. The van der Waals surface area contributed by atoms with E-state index in [9.17, 15) is 9.59 Å². The van der Waals surface area contributed by atoms with E-state index in [4.69, 9.17) is 10.8 Å². The lowest BCUT2D eigenvalue weighted by Gasteiger charge is -2.17. The summed E-state index contributed by atoms with van der Waals surface area (Å²) in [5.74, 6) is -0.615. The summed E-state index contributed by atoms with van der Waals surface area (Å²) in [4.78, 5) is 22.3. The number of rotatable bonds is 1. The van der Waals surface area contributed by atoms with E-state index < -0.39 is 18.0 Å². The van der Waals surface area contributed by atoms with Crippen LogP contribution in [0.2, 0.25) is 0 Å². The van der Waals surface area contributed by atoms with Crippen LogP contribution in [0.4, 0.5) is 4.79 Å². The van der Waals surface area contributed by atoms with Crippen molar-refractivity contribution in [2.75, 3.05) is 6.54 Å². The topological polar surface area (TPSA) is 83.6 Å². The Bertz CT molecular complexity index is 225. The minimum absolute atomic E-state index is 0.211. The molecule has 0 aromatic heterocycles. The second-order valence-corrected chi connectivity index (χ2v) is 2.78. The van der Waals surface area contributed by atoms with Gasteiger partial charge in [-0.1, -0.05) is 12.2 Å². The molecule has 1 aliphatic heterocycles. The Labute approximate surface area is 69.5 Å². The SMILES string of the molecule is C=C1CC(C(N)=O)N(C(=O)O)C1. The lowest BCUT2D eigenvalue weighted by atomic mass is 10.2. The second kappa shape index (κ2) is 2.84. The van der Waals surface area contributed by atoms with Crippen molar-refractivity contribution >= 4 is 12.0 Å². The smallest absolute Gasteiger partial charge is 0.408 e. The Morgan fingerprint density at radius 3 is 2.58 bits per heavy atom. The van der Waals surface area contributed by atoms with Gasteiger partial charge in [0.15, 0.2) is 0 Å². The van der Waals surface area contributed by atoms with Gasteiger partial charge in [-0.15, -0.1) is 0 Å². The van der Waals surface area contributed by atoms with Crippen LogP contribution in [0.5, 0.6) is 0 Å². The summed E-state index contributed by atoms with van der Waals surface area (Å²) in [7, 11) is 0. The fourth-order valence-corrected chi connectivity index (χ4v) is 1.25. The standard InChI is InChI=1S/C7H10N2O3/c1-4-2-5(6(8)10)9(3-4)7(11)12/h5H,1-3H2,(H2,8,10)(H,11,12). The summed E-state index contributed by atoms with van der Waals surface area (Å²) in [6.45, 7) is 3.82. The molecule has 0 bridgehead atoms. The van der Waals surface area contributed by atoms with Gasteiger partial charge < -0.3 is 10.8 Å². The minimum Gasteiger partial charge on any atom is -0.465 e. The van der Waals surface area contributed by atoms with E-state index in [0.717, 1.165) is 10.5 Å². The van der Waals surface area contributed by atoms with Gasteiger partial charge in [0, 0.05) is 6.54 Å². The number of nitrogens with zero attached hydrogens (tertiary/aromatic N) is 1. The number of amides is 2. The molecule has 1 saturated heterocycles. The Balaban J connectivity index is 2.79. The highest BCUT2D eigenvalue weighted by Gasteiger charge is 2.34. The Morgan fingerprint density at radius 2 is 2.25 bits per heavy atom. The van der Waals surface area contributed by atoms with Crippen LogP contribution in [0.1, 0.15) is 6.42 Å². The highest BCUT2D eigenvalue weighted by Crippen LogP contribution is 2.20. The molecule has 5 heteroatoms. The first kappa shape index (κ1) is 8.58. The predicted molar refractivity (Wildman–Crippen MR) is 41.5 cm³/mol. The maximum Gasteiger partial charge on any atom is 0.408 e. The van der Waals surface area contributed by atoms with E-state index in [2.05, 4.69) is 6.58 Å². The number of primary amides is 1. The number of hydrogen-bond donors (Lipinski definition) is 2.